The Hall–Kier alpha value is -0.220. The van der Waals surface area contributed by atoms with Crippen LogP contribution in [0.15, 0.2) is 10.6 Å². The van der Waals surface area contributed by atoms with Gasteiger partial charge in [-0.15, -0.1) is 5.92 Å². The van der Waals surface area contributed by atoms with Crippen LogP contribution in [0.4, 0.5) is 0 Å². The molecule has 118 valence electrons. The van der Waals surface area contributed by atoms with Crippen molar-refractivity contribution in [2.45, 2.75) is 73.1 Å². The van der Waals surface area contributed by atoms with Gasteiger partial charge in [-0.25, -0.2) is 0 Å². The second kappa shape index (κ2) is 6.49. The predicted octanol–water partition coefficient (Wildman–Crippen LogP) is 6.56. The van der Waals surface area contributed by atoms with Crippen molar-refractivity contribution in [3.63, 3.8) is 0 Å². The number of halogens is 1. The Morgan fingerprint density at radius 1 is 1.38 bits per heavy atom. The molecule has 0 aromatic heterocycles. The van der Waals surface area contributed by atoms with E-state index in [-0.39, 0.29) is 5.41 Å². The van der Waals surface area contributed by atoms with E-state index in [9.17, 15) is 0 Å². The first kappa shape index (κ1) is 17.1. The van der Waals surface area contributed by atoms with Gasteiger partial charge >= 0.3 is 0 Å². The molecule has 2 aliphatic carbocycles. The van der Waals surface area contributed by atoms with E-state index in [1.54, 1.807) is 5.57 Å². The van der Waals surface area contributed by atoms with E-state index >= 15 is 0 Å². The van der Waals surface area contributed by atoms with Crippen LogP contribution in [0, 0.1) is 40.4 Å². The smallest absolute Gasteiger partial charge is 0.0230 e. The van der Waals surface area contributed by atoms with Gasteiger partial charge in [0.2, 0.25) is 0 Å². The molecule has 2 aliphatic rings. The highest BCUT2D eigenvalue weighted by molar-refractivity contribution is 9.11. The number of hydrogen-bond donors (Lipinski definition) is 0. The molecule has 2 fully saturated rings. The minimum atomic E-state index is 0.137. The van der Waals surface area contributed by atoms with E-state index in [2.05, 4.69) is 67.4 Å². The van der Waals surface area contributed by atoms with Crippen LogP contribution in [0.3, 0.4) is 0 Å². The molecule has 2 saturated carbocycles. The van der Waals surface area contributed by atoms with Crippen molar-refractivity contribution in [1.29, 1.82) is 0 Å². The average Bonchev–Trinajstić information content (AvgIpc) is 2.73. The van der Waals surface area contributed by atoms with Crippen molar-refractivity contribution >= 4 is 15.9 Å². The number of hydrogen-bond acceptors (Lipinski definition) is 0. The van der Waals surface area contributed by atoms with Gasteiger partial charge in [-0.1, -0.05) is 41.3 Å². The van der Waals surface area contributed by atoms with E-state index in [4.69, 9.17) is 0 Å². The zero-order valence-corrected chi connectivity index (χ0v) is 16.0. The maximum absolute atomic E-state index is 3.61. The van der Waals surface area contributed by atoms with E-state index in [1.807, 2.05) is 0 Å². The Kier molecular flexibility index (Phi) is 5.30. The number of rotatable bonds is 2. The van der Waals surface area contributed by atoms with Gasteiger partial charge in [-0.05, 0) is 81.0 Å². The van der Waals surface area contributed by atoms with Crippen LogP contribution in [0.5, 0.6) is 0 Å². The van der Waals surface area contributed by atoms with Gasteiger partial charge in [0.15, 0.2) is 0 Å². The van der Waals surface area contributed by atoms with Gasteiger partial charge < -0.3 is 0 Å². The van der Waals surface area contributed by atoms with Gasteiger partial charge in [0.05, 0.1) is 0 Å². The van der Waals surface area contributed by atoms with Gasteiger partial charge in [-0.3, -0.25) is 0 Å². The summed E-state index contributed by atoms with van der Waals surface area (Å²) in [5.74, 6) is 9.26. The molecule has 2 rings (SSSR count). The third-order valence-electron chi connectivity index (χ3n) is 5.75. The lowest BCUT2D eigenvalue weighted by Gasteiger charge is -2.44. The Morgan fingerprint density at radius 2 is 2.10 bits per heavy atom. The highest BCUT2D eigenvalue weighted by atomic mass is 79.9. The first-order valence-electron chi connectivity index (χ1n) is 8.57. The fraction of sp³-hybridized carbons (Fsp3) is 0.800. The van der Waals surface area contributed by atoms with Crippen LogP contribution in [-0.2, 0) is 0 Å². The van der Waals surface area contributed by atoms with E-state index in [0.29, 0.717) is 5.41 Å². The van der Waals surface area contributed by atoms with Crippen LogP contribution in [0.25, 0.3) is 0 Å². The lowest BCUT2D eigenvalue weighted by molar-refractivity contribution is 0.0994. The Morgan fingerprint density at radius 3 is 2.71 bits per heavy atom. The molecule has 0 amide bonds. The lowest BCUT2D eigenvalue weighted by atomic mass is 9.61. The molecule has 0 heterocycles. The fourth-order valence-corrected chi connectivity index (χ4v) is 5.31. The minimum Gasteiger partial charge on any atom is -0.102 e. The molecule has 0 nitrogen and oxygen atoms in total. The second-order valence-corrected chi connectivity index (χ2v) is 8.97. The molecule has 4 atom stereocenters. The highest BCUT2D eigenvalue weighted by Crippen LogP contribution is 2.59. The number of fused-ring (bicyclic) bond motifs is 1. The molecule has 0 aromatic rings. The Balaban J connectivity index is 2.08. The third kappa shape index (κ3) is 3.76. The molecular weight excluding hydrogens is 320 g/mol. The molecule has 1 unspecified atom stereocenters. The van der Waals surface area contributed by atoms with Crippen LogP contribution in [0.2, 0.25) is 0 Å². The normalized spacial score (nSPS) is 36.0. The number of allylic oxidation sites excluding steroid dienone is 1. The first-order valence-corrected chi connectivity index (χ1v) is 9.48. The van der Waals surface area contributed by atoms with E-state index in [1.165, 1.54) is 32.1 Å². The summed E-state index contributed by atoms with van der Waals surface area (Å²) in [5, 5.41) is 0. The van der Waals surface area contributed by atoms with Crippen LogP contribution >= 0.6 is 15.9 Å². The summed E-state index contributed by atoms with van der Waals surface area (Å²) in [6.07, 6.45) is 7.92. The largest absolute Gasteiger partial charge is 0.102 e. The topological polar surface area (TPSA) is 0 Å². The SMILES string of the molecule is C[C@H](CC#CC(C)(C)C)[C@H]1CCC2/C(=C/Br)CCC[C@@]21C. The molecule has 21 heavy (non-hydrogen) atoms. The molecule has 0 aromatic carbocycles. The van der Waals surface area contributed by atoms with Crippen LogP contribution in [0.1, 0.15) is 73.1 Å². The molecule has 0 N–H and O–H groups in total. The van der Waals surface area contributed by atoms with Crippen LogP contribution < -0.4 is 0 Å². The van der Waals surface area contributed by atoms with Crippen molar-refractivity contribution in [2.24, 2.45) is 28.6 Å². The highest BCUT2D eigenvalue weighted by Gasteiger charge is 2.50. The molecule has 0 radical (unpaired) electrons. The van der Waals surface area contributed by atoms with Crippen molar-refractivity contribution in [3.05, 3.63) is 10.6 Å². The molecular formula is C20H31Br. The maximum Gasteiger partial charge on any atom is 0.0230 e. The summed E-state index contributed by atoms with van der Waals surface area (Å²) < 4.78 is 0. The lowest BCUT2D eigenvalue weighted by Crippen LogP contribution is -2.35. The van der Waals surface area contributed by atoms with Gasteiger partial charge in [0.1, 0.15) is 0 Å². The summed E-state index contributed by atoms with van der Waals surface area (Å²) in [4.78, 5) is 2.22. The first-order chi connectivity index (χ1) is 9.78. The molecule has 0 bridgehead atoms. The molecule has 0 spiro atoms. The van der Waals surface area contributed by atoms with Gasteiger partial charge in [0.25, 0.3) is 0 Å². The van der Waals surface area contributed by atoms with Crippen molar-refractivity contribution in [3.8, 4) is 11.8 Å². The standard InChI is InChI=1S/C20H31Br/c1-15(8-6-12-19(2,3)4)17-10-11-18-16(14-21)9-7-13-20(17,18)5/h14-15,17-18H,7-11,13H2,1-5H3/b16-14+/t15-,17-,18?,20-/m1/s1. The van der Waals surface area contributed by atoms with Crippen molar-refractivity contribution in [1.82, 2.24) is 0 Å². The van der Waals surface area contributed by atoms with Gasteiger partial charge in [0, 0.05) is 11.8 Å². The zero-order chi connectivity index (χ0) is 15.7. The minimum absolute atomic E-state index is 0.137. The van der Waals surface area contributed by atoms with Crippen LogP contribution in [-0.4, -0.2) is 0 Å². The summed E-state index contributed by atoms with van der Waals surface area (Å²) in [5.41, 5.74) is 2.32. The Bertz CT molecular complexity index is 456. The molecule has 0 aliphatic heterocycles. The Labute approximate surface area is 140 Å². The van der Waals surface area contributed by atoms with Gasteiger partial charge in [-0.2, -0.15) is 0 Å². The average molecular weight is 351 g/mol. The maximum atomic E-state index is 3.61. The van der Waals surface area contributed by atoms with Crippen molar-refractivity contribution in [2.75, 3.05) is 0 Å². The monoisotopic (exact) mass is 350 g/mol. The summed E-state index contributed by atoms with van der Waals surface area (Å²) in [6, 6.07) is 0. The fourth-order valence-electron chi connectivity index (χ4n) is 4.76. The second-order valence-electron chi connectivity index (χ2n) is 8.51. The summed E-state index contributed by atoms with van der Waals surface area (Å²) in [6.45, 7) is 11.6. The van der Waals surface area contributed by atoms with Crippen molar-refractivity contribution < 1.29 is 0 Å². The third-order valence-corrected chi connectivity index (χ3v) is 6.34. The predicted molar refractivity (Wildman–Crippen MR) is 96.2 cm³/mol. The zero-order valence-electron chi connectivity index (χ0n) is 14.4. The molecule has 0 saturated heterocycles. The molecule has 1 heteroatoms. The van der Waals surface area contributed by atoms with E-state index in [0.717, 1.165) is 24.2 Å². The quantitative estimate of drug-likeness (QED) is 0.494. The summed E-state index contributed by atoms with van der Waals surface area (Å²) >= 11 is 3.61. The summed E-state index contributed by atoms with van der Waals surface area (Å²) in [7, 11) is 0. The van der Waals surface area contributed by atoms with E-state index < -0.39 is 0 Å².